The van der Waals surface area contributed by atoms with Gasteiger partial charge in [-0.2, -0.15) is 13.2 Å². The van der Waals surface area contributed by atoms with Gasteiger partial charge in [0.2, 0.25) is 11.8 Å². The first kappa shape index (κ1) is 22.5. The van der Waals surface area contributed by atoms with Crippen LogP contribution in [0.5, 0.6) is 11.5 Å². The Balaban J connectivity index is 1.56. The van der Waals surface area contributed by atoms with Crippen LogP contribution >= 0.6 is 0 Å². The normalized spacial score (nSPS) is 16.4. The molecule has 6 nitrogen and oxygen atoms in total. The Morgan fingerprint density at radius 2 is 1.90 bits per heavy atom. The summed E-state index contributed by atoms with van der Waals surface area (Å²) in [7, 11) is 1.53. The van der Waals surface area contributed by atoms with Gasteiger partial charge in [-0.05, 0) is 42.3 Å². The molecule has 1 atom stereocenters. The van der Waals surface area contributed by atoms with E-state index in [0.717, 1.165) is 5.56 Å². The molecule has 31 heavy (non-hydrogen) atoms. The summed E-state index contributed by atoms with van der Waals surface area (Å²) in [6, 6.07) is 11.5. The number of carbonyl (C=O) groups excluding carboxylic acids is 2. The third kappa shape index (κ3) is 5.90. The van der Waals surface area contributed by atoms with Crippen molar-refractivity contribution in [3.8, 4) is 11.5 Å². The van der Waals surface area contributed by atoms with Crippen LogP contribution in [-0.4, -0.2) is 38.3 Å². The molecule has 2 amide bonds. The van der Waals surface area contributed by atoms with Crippen LogP contribution in [0.1, 0.15) is 17.5 Å². The standard InChI is InChI=1S/C22H23F3N2O4/c1-14-3-8-19(30-2)18(9-14)27-12-16(10-20(27)28)21(29)26-11-15-4-6-17(7-5-15)31-13-22(23,24)25/h3-9,16H,10-13H2,1-2H3,(H,26,29). The molecule has 0 radical (unpaired) electrons. The highest BCUT2D eigenvalue weighted by molar-refractivity contribution is 6.01. The highest BCUT2D eigenvalue weighted by Crippen LogP contribution is 2.34. The zero-order valence-electron chi connectivity index (χ0n) is 17.2. The van der Waals surface area contributed by atoms with Gasteiger partial charge in [-0.25, -0.2) is 0 Å². The number of amides is 2. The van der Waals surface area contributed by atoms with Crippen LogP contribution in [-0.2, 0) is 16.1 Å². The second kappa shape index (κ2) is 9.28. The Morgan fingerprint density at radius 1 is 1.19 bits per heavy atom. The van der Waals surface area contributed by atoms with Crippen molar-refractivity contribution < 1.29 is 32.2 Å². The molecule has 1 aliphatic rings. The number of ether oxygens (including phenoxy) is 2. The average Bonchev–Trinajstić information content (AvgIpc) is 3.12. The van der Waals surface area contributed by atoms with Crippen LogP contribution in [0.2, 0.25) is 0 Å². The van der Waals surface area contributed by atoms with Gasteiger partial charge >= 0.3 is 6.18 Å². The van der Waals surface area contributed by atoms with E-state index in [2.05, 4.69) is 10.1 Å². The van der Waals surface area contributed by atoms with Gasteiger partial charge < -0.3 is 19.7 Å². The second-order valence-electron chi connectivity index (χ2n) is 7.35. The maximum atomic E-state index is 12.6. The molecule has 1 saturated heterocycles. The number of benzene rings is 2. The highest BCUT2D eigenvalue weighted by Gasteiger charge is 2.36. The number of hydrogen-bond donors (Lipinski definition) is 1. The van der Waals surface area contributed by atoms with E-state index in [1.165, 1.54) is 19.2 Å². The van der Waals surface area contributed by atoms with Crippen molar-refractivity contribution in [3.05, 3.63) is 53.6 Å². The molecule has 1 N–H and O–H groups in total. The minimum atomic E-state index is -4.40. The number of methoxy groups -OCH3 is 1. The van der Waals surface area contributed by atoms with Gasteiger partial charge in [-0.15, -0.1) is 0 Å². The predicted octanol–water partition coefficient (Wildman–Crippen LogP) is 3.61. The molecule has 1 aliphatic heterocycles. The summed E-state index contributed by atoms with van der Waals surface area (Å²) < 4.78 is 46.6. The lowest BCUT2D eigenvalue weighted by molar-refractivity contribution is -0.153. The largest absolute Gasteiger partial charge is 0.495 e. The fraction of sp³-hybridized carbons (Fsp3) is 0.364. The molecule has 9 heteroatoms. The molecule has 166 valence electrons. The van der Waals surface area contributed by atoms with Crippen molar-refractivity contribution in [3.63, 3.8) is 0 Å². The van der Waals surface area contributed by atoms with E-state index in [1.807, 2.05) is 19.1 Å². The van der Waals surface area contributed by atoms with Crippen LogP contribution in [0.4, 0.5) is 18.9 Å². The number of aryl methyl sites for hydroxylation is 1. The number of nitrogens with one attached hydrogen (secondary N) is 1. The zero-order chi connectivity index (χ0) is 22.6. The molecule has 1 unspecified atom stereocenters. The van der Waals surface area contributed by atoms with E-state index >= 15 is 0 Å². The summed E-state index contributed by atoms with van der Waals surface area (Å²) in [6.07, 6.45) is -4.31. The predicted molar refractivity (Wildman–Crippen MR) is 108 cm³/mol. The molecule has 0 saturated carbocycles. The summed E-state index contributed by atoms with van der Waals surface area (Å²) in [5, 5.41) is 2.78. The monoisotopic (exact) mass is 436 g/mol. The molecule has 2 aromatic rings. The lowest BCUT2D eigenvalue weighted by Gasteiger charge is -2.20. The Bertz CT molecular complexity index is 945. The maximum Gasteiger partial charge on any atom is 0.422 e. The Labute approximate surface area is 177 Å². The quantitative estimate of drug-likeness (QED) is 0.720. The Kier molecular flexibility index (Phi) is 6.72. The Morgan fingerprint density at radius 3 is 2.55 bits per heavy atom. The molecule has 0 aliphatic carbocycles. The lowest BCUT2D eigenvalue weighted by Crippen LogP contribution is -2.32. The van der Waals surface area contributed by atoms with Crippen molar-refractivity contribution in [1.29, 1.82) is 0 Å². The summed E-state index contributed by atoms with van der Waals surface area (Å²) in [5.41, 5.74) is 2.31. The average molecular weight is 436 g/mol. The van der Waals surface area contributed by atoms with Crippen LogP contribution in [0.3, 0.4) is 0 Å². The van der Waals surface area contributed by atoms with E-state index < -0.39 is 18.7 Å². The Hall–Kier alpha value is -3.23. The highest BCUT2D eigenvalue weighted by atomic mass is 19.4. The van der Waals surface area contributed by atoms with Gasteiger partial charge in [-0.3, -0.25) is 9.59 Å². The smallest absolute Gasteiger partial charge is 0.422 e. The van der Waals surface area contributed by atoms with Crippen molar-refractivity contribution in [2.75, 3.05) is 25.2 Å². The van der Waals surface area contributed by atoms with Crippen LogP contribution in [0.25, 0.3) is 0 Å². The first-order valence-corrected chi connectivity index (χ1v) is 9.67. The first-order valence-electron chi connectivity index (χ1n) is 9.67. The number of rotatable bonds is 7. The number of anilines is 1. The molecular formula is C22H23F3N2O4. The third-order valence-electron chi connectivity index (χ3n) is 4.91. The summed E-state index contributed by atoms with van der Waals surface area (Å²) in [4.78, 5) is 26.6. The van der Waals surface area contributed by atoms with Crippen LogP contribution in [0, 0.1) is 12.8 Å². The van der Waals surface area contributed by atoms with Gasteiger partial charge in [0.25, 0.3) is 0 Å². The van der Waals surface area contributed by atoms with Crippen molar-refractivity contribution in [1.82, 2.24) is 5.32 Å². The fourth-order valence-corrected chi connectivity index (χ4v) is 3.33. The van der Waals surface area contributed by atoms with Gasteiger partial charge in [-0.1, -0.05) is 18.2 Å². The van der Waals surface area contributed by atoms with Crippen molar-refractivity contribution in [2.24, 2.45) is 5.92 Å². The number of nitrogens with zero attached hydrogens (tertiary/aromatic N) is 1. The summed E-state index contributed by atoms with van der Waals surface area (Å²) >= 11 is 0. The number of hydrogen-bond acceptors (Lipinski definition) is 4. The first-order chi connectivity index (χ1) is 14.7. The van der Waals surface area contributed by atoms with Gasteiger partial charge in [0.05, 0.1) is 18.7 Å². The third-order valence-corrected chi connectivity index (χ3v) is 4.91. The zero-order valence-corrected chi connectivity index (χ0v) is 17.2. The van der Waals surface area contributed by atoms with Crippen molar-refractivity contribution >= 4 is 17.5 Å². The van der Waals surface area contributed by atoms with E-state index in [-0.39, 0.29) is 37.1 Å². The molecule has 1 heterocycles. The minimum Gasteiger partial charge on any atom is -0.495 e. The second-order valence-corrected chi connectivity index (χ2v) is 7.35. The van der Waals surface area contributed by atoms with E-state index in [1.54, 1.807) is 23.1 Å². The molecule has 0 spiro atoms. The number of halogens is 3. The van der Waals surface area contributed by atoms with E-state index in [9.17, 15) is 22.8 Å². The summed E-state index contributed by atoms with van der Waals surface area (Å²) in [6.45, 7) is 0.986. The van der Waals surface area contributed by atoms with Crippen LogP contribution < -0.4 is 19.7 Å². The molecule has 0 aromatic heterocycles. The SMILES string of the molecule is COc1ccc(C)cc1N1CC(C(=O)NCc2ccc(OCC(F)(F)F)cc2)CC1=O. The number of alkyl halides is 3. The topological polar surface area (TPSA) is 67.9 Å². The van der Waals surface area contributed by atoms with E-state index in [0.29, 0.717) is 17.0 Å². The molecule has 3 rings (SSSR count). The van der Waals surface area contributed by atoms with E-state index in [4.69, 9.17) is 4.74 Å². The lowest BCUT2D eigenvalue weighted by atomic mass is 10.1. The van der Waals surface area contributed by atoms with Crippen LogP contribution in [0.15, 0.2) is 42.5 Å². The molecular weight excluding hydrogens is 413 g/mol. The summed E-state index contributed by atoms with van der Waals surface area (Å²) in [5.74, 6) is -0.272. The maximum absolute atomic E-state index is 12.6. The van der Waals surface area contributed by atoms with Gasteiger partial charge in [0.15, 0.2) is 6.61 Å². The van der Waals surface area contributed by atoms with Gasteiger partial charge in [0, 0.05) is 19.5 Å². The molecule has 0 bridgehead atoms. The van der Waals surface area contributed by atoms with Crippen molar-refractivity contribution in [2.45, 2.75) is 26.1 Å². The molecule has 2 aromatic carbocycles. The number of carbonyl (C=O) groups is 2. The minimum absolute atomic E-state index is 0.0904. The molecule has 1 fully saturated rings. The fourth-order valence-electron chi connectivity index (χ4n) is 3.33. The van der Waals surface area contributed by atoms with Gasteiger partial charge in [0.1, 0.15) is 11.5 Å².